The van der Waals surface area contributed by atoms with Gasteiger partial charge >= 0.3 is 0 Å². The summed E-state index contributed by atoms with van der Waals surface area (Å²) < 4.78 is 5.37. The van der Waals surface area contributed by atoms with E-state index in [2.05, 4.69) is 20.6 Å². The van der Waals surface area contributed by atoms with Gasteiger partial charge in [0.2, 0.25) is 6.41 Å². The molecule has 0 saturated carbocycles. The average Bonchev–Trinajstić information content (AvgIpc) is 2.74. The molecule has 2 rings (SSSR count). The fourth-order valence-electron chi connectivity index (χ4n) is 1.85. The highest BCUT2D eigenvalue weighted by molar-refractivity contribution is 5.85. The normalized spacial score (nSPS) is 26.1. The fourth-order valence-corrected chi connectivity index (χ4v) is 1.85. The van der Waals surface area contributed by atoms with E-state index in [1.807, 2.05) is 0 Å². The molecule has 1 aromatic heterocycles. The third-order valence-corrected chi connectivity index (χ3v) is 2.78. The molecule has 1 saturated heterocycles. The lowest BCUT2D eigenvalue weighted by molar-refractivity contribution is -0.105. The predicted molar refractivity (Wildman–Crippen MR) is 66.1 cm³/mol. The molecule has 3 atom stereocenters. The van der Waals surface area contributed by atoms with Crippen LogP contribution in [0.3, 0.4) is 0 Å². The van der Waals surface area contributed by atoms with Crippen molar-refractivity contribution < 1.29 is 19.7 Å². The standard InChI is InChI=1S/C10H15N5O4/c11-9-8(14-4-17)10(13-3-12-9)15-7-1-5(18)6(2-16)19-7/h3-7,16,18H,1-2H2,(H,14,17)(H3,11,12,13,15)/t5-,6+,7+/m0/s1. The summed E-state index contributed by atoms with van der Waals surface area (Å²) in [6, 6.07) is 0. The highest BCUT2D eigenvalue weighted by atomic mass is 16.5. The number of carbonyl (C=O) groups is 1. The SMILES string of the molecule is Nc1ncnc(N[C@H]2C[C@H](O)[C@@H](CO)O2)c1NC=O. The zero-order chi connectivity index (χ0) is 13.8. The van der Waals surface area contributed by atoms with Crippen molar-refractivity contribution in [3.05, 3.63) is 6.33 Å². The summed E-state index contributed by atoms with van der Waals surface area (Å²) in [4.78, 5) is 18.2. The summed E-state index contributed by atoms with van der Waals surface area (Å²) in [5, 5.41) is 23.9. The predicted octanol–water partition coefficient (Wildman–Crippen LogP) is -1.49. The maximum absolute atomic E-state index is 10.5. The van der Waals surface area contributed by atoms with Gasteiger partial charge in [-0.3, -0.25) is 4.79 Å². The minimum Gasteiger partial charge on any atom is -0.394 e. The number of aliphatic hydroxyl groups is 2. The van der Waals surface area contributed by atoms with Crippen LogP contribution in [0.4, 0.5) is 17.3 Å². The van der Waals surface area contributed by atoms with Gasteiger partial charge in [0, 0.05) is 6.42 Å². The van der Waals surface area contributed by atoms with Crippen LogP contribution in [0.1, 0.15) is 6.42 Å². The molecule has 0 unspecified atom stereocenters. The zero-order valence-electron chi connectivity index (χ0n) is 9.98. The molecular weight excluding hydrogens is 254 g/mol. The molecule has 0 aromatic carbocycles. The largest absolute Gasteiger partial charge is 0.394 e. The number of aromatic nitrogens is 2. The quantitative estimate of drug-likeness (QED) is 0.407. The van der Waals surface area contributed by atoms with Crippen LogP contribution >= 0.6 is 0 Å². The summed E-state index contributed by atoms with van der Waals surface area (Å²) in [7, 11) is 0. The first-order valence-corrected chi connectivity index (χ1v) is 5.67. The lowest BCUT2D eigenvalue weighted by Gasteiger charge is -2.16. The Kier molecular flexibility index (Phi) is 4.10. The fraction of sp³-hybridized carbons (Fsp3) is 0.500. The van der Waals surface area contributed by atoms with Gasteiger partial charge in [-0.2, -0.15) is 0 Å². The highest BCUT2D eigenvalue weighted by Gasteiger charge is 2.33. The van der Waals surface area contributed by atoms with Gasteiger partial charge in [0.25, 0.3) is 0 Å². The molecule has 0 aliphatic carbocycles. The summed E-state index contributed by atoms with van der Waals surface area (Å²) in [6.45, 7) is -0.273. The number of nitrogen functional groups attached to an aromatic ring is 1. The summed E-state index contributed by atoms with van der Waals surface area (Å²) in [5.74, 6) is 0.400. The van der Waals surface area contributed by atoms with Gasteiger partial charge in [-0.25, -0.2) is 9.97 Å². The molecule has 2 heterocycles. The van der Waals surface area contributed by atoms with Crippen LogP contribution in [-0.2, 0) is 9.53 Å². The minimum atomic E-state index is -0.760. The van der Waals surface area contributed by atoms with Crippen LogP contribution < -0.4 is 16.4 Å². The zero-order valence-corrected chi connectivity index (χ0v) is 9.98. The molecule has 6 N–H and O–H groups in total. The van der Waals surface area contributed by atoms with Gasteiger partial charge in [0.05, 0.1) is 12.7 Å². The molecule has 0 radical (unpaired) electrons. The van der Waals surface area contributed by atoms with Crippen LogP contribution in [0, 0.1) is 0 Å². The van der Waals surface area contributed by atoms with Gasteiger partial charge in [-0.05, 0) is 0 Å². The van der Waals surface area contributed by atoms with Crippen LogP contribution in [0.25, 0.3) is 0 Å². The van der Waals surface area contributed by atoms with Gasteiger partial charge in [-0.1, -0.05) is 0 Å². The second kappa shape index (κ2) is 5.78. The second-order valence-corrected chi connectivity index (χ2v) is 4.04. The Bertz CT molecular complexity index is 458. The van der Waals surface area contributed by atoms with E-state index in [1.165, 1.54) is 6.33 Å². The van der Waals surface area contributed by atoms with E-state index in [0.717, 1.165) is 0 Å². The monoisotopic (exact) mass is 269 g/mol. The maximum atomic E-state index is 10.5. The molecule has 9 nitrogen and oxygen atoms in total. The number of anilines is 3. The third kappa shape index (κ3) is 2.89. The number of hydrogen-bond acceptors (Lipinski definition) is 8. The molecule has 1 aromatic rings. The molecule has 1 fully saturated rings. The highest BCUT2D eigenvalue weighted by Crippen LogP contribution is 2.27. The molecule has 19 heavy (non-hydrogen) atoms. The van der Waals surface area contributed by atoms with Crippen molar-refractivity contribution >= 4 is 23.7 Å². The number of carbonyl (C=O) groups excluding carboxylic acids is 1. The van der Waals surface area contributed by atoms with E-state index in [0.29, 0.717) is 6.41 Å². The van der Waals surface area contributed by atoms with Gasteiger partial charge < -0.3 is 31.3 Å². The van der Waals surface area contributed by atoms with Crippen molar-refractivity contribution in [1.29, 1.82) is 0 Å². The Morgan fingerprint density at radius 3 is 3.00 bits per heavy atom. The molecule has 1 aliphatic heterocycles. The molecular formula is C10H15N5O4. The van der Waals surface area contributed by atoms with E-state index in [1.54, 1.807) is 0 Å². The Balaban J connectivity index is 2.11. The van der Waals surface area contributed by atoms with Crippen LogP contribution in [0.15, 0.2) is 6.33 Å². The first-order valence-electron chi connectivity index (χ1n) is 5.67. The number of amides is 1. The summed E-state index contributed by atoms with van der Waals surface area (Å²) in [5.41, 5.74) is 5.86. The van der Waals surface area contributed by atoms with Crippen molar-refractivity contribution in [2.24, 2.45) is 0 Å². The van der Waals surface area contributed by atoms with E-state index in [4.69, 9.17) is 15.6 Å². The van der Waals surface area contributed by atoms with E-state index in [9.17, 15) is 9.90 Å². The first kappa shape index (κ1) is 13.5. The van der Waals surface area contributed by atoms with Crippen molar-refractivity contribution in [3.8, 4) is 0 Å². The molecule has 0 bridgehead atoms. The van der Waals surface area contributed by atoms with E-state index >= 15 is 0 Å². The van der Waals surface area contributed by atoms with Crippen molar-refractivity contribution in [2.75, 3.05) is 23.0 Å². The van der Waals surface area contributed by atoms with Crippen LogP contribution in [-0.4, -0.2) is 51.6 Å². The minimum absolute atomic E-state index is 0.113. The number of rotatable bonds is 5. The Morgan fingerprint density at radius 1 is 1.58 bits per heavy atom. The molecule has 1 amide bonds. The summed E-state index contributed by atoms with van der Waals surface area (Å²) in [6.07, 6.45) is 0.0521. The number of nitrogens with zero attached hydrogens (tertiary/aromatic N) is 2. The van der Waals surface area contributed by atoms with Gasteiger partial charge in [0.1, 0.15) is 24.3 Å². The number of hydrogen-bond donors (Lipinski definition) is 5. The molecule has 104 valence electrons. The number of ether oxygens (including phenoxy) is 1. The van der Waals surface area contributed by atoms with Crippen LogP contribution in [0.2, 0.25) is 0 Å². The first-order chi connectivity index (χ1) is 9.15. The Morgan fingerprint density at radius 2 is 2.37 bits per heavy atom. The van der Waals surface area contributed by atoms with Crippen molar-refractivity contribution in [3.63, 3.8) is 0 Å². The summed E-state index contributed by atoms with van der Waals surface area (Å²) >= 11 is 0. The van der Waals surface area contributed by atoms with E-state index in [-0.39, 0.29) is 30.4 Å². The third-order valence-electron chi connectivity index (χ3n) is 2.78. The van der Waals surface area contributed by atoms with Gasteiger partial charge in [-0.15, -0.1) is 0 Å². The lowest BCUT2D eigenvalue weighted by Crippen LogP contribution is -2.25. The molecule has 0 spiro atoms. The molecule has 9 heteroatoms. The average molecular weight is 269 g/mol. The van der Waals surface area contributed by atoms with Crippen LogP contribution in [0.5, 0.6) is 0 Å². The molecule has 1 aliphatic rings. The topological polar surface area (TPSA) is 143 Å². The van der Waals surface area contributed by atoms with E-state index < -0.39 is 18.4 Å². The van der Waals surface area contributed by atoms with Crippen molar-refractivity contribution in [1.82, 2.24) is 9.97 Å². The van der Waals surface area contributed by atoms with Gasteiger partial charge in [0.15, 0.2) is 11.6 Å². The number of aliphatic hydroxyl groups excluding tert-OH is 2. The second-order valence-electron chi connectivity index (χ2n) is 4.04. The number of nitrogens with two attached hydrogens (primary N) is 1. The smallest absolute Gasteiger partial charge is 0.211 e. The van der Waals surface area contributed by atoms with Crippen molar-refractivity contribution in [2.45, 2.75) is 24.9 Å². The Hall–Kier alpha value is -1.97. The number of nitrogens with one attached hydrogen (secondary N) is 2. The Labute approximate surface area is 108 Å². The maximum Gasteiger partial charge on any atom is 0.211 e. The lowest BCUT2D eigenvalue weighted by atomic mass is 10.2.